The first-order valence-corrected chi connectivity index (χ1v) is 7.65. The van der Waals surface area contributed by atoms with Crippen molar-refractivity contribution >= 4 is 29.0 Å². The fourth-order valence-corrected chi connectivity index (χ4v) is 2.46. The van der Waals surface area contributed by atoms with Gasteiger partial charge in [-0.3, -0.25) is 9.59 Å². The summed E-state index contributed by atoms with van der Waals surface area (Å²) in [7, 11) is 0. The summed E-state index contributed by atoms with van der Waals surface area (Å²) in [5.41, 5.74) is 3.83. The molecule has 3 nitrogen and oxygen atoms in total. The van der Waals surface area contributed by atoms with Crippen LogP contribution in [0.1, 0.15) is 25.8 Å². The third kappa shape index (κ3) is 4.92. The Morgan fingerprint density at radius 1 is 0.913 bits per heavy atom. The van der Waals surface area contributed by atoms with Crippen LogP contribution in [0.25, 0.3) is 6.08 Å². The number of ketones is 2. The highest BCUT2D eigenvalue weighted by Gasteiger charge is 2.13. The summed E-state index contributed by atoms with van der Waals surface area (Å²) in [6, 6.07) is 19.0. The van der Waals surface area contributed by atoms with Gasteiger partial charge in [0.15, 0.2) is 0 Å². The molecule has 0 saturated heterocycles. The van der Waals surface area contributed by atoms with E-state index in [1.165, 1.54) is 30.8 Å². The number of nitrogens with zero attached hydrogens (tertiary/aromatic N) is 1. The Balaban J connectivity index is 0.000000236. The van der Waals surface area contributed by atoms with Gasteiger partial charge in [-0.15, -0.1) is 0 Å². The normalized spacial score (nSPS) is 12.0. The second-order valence-corrected chi connectivity index (χ2v) is 5.49. The minimum atomic E-state index is -0.0625. The Bertz CT molecular complexity index is 693. The van der Waals surface area contributed by atoms with Gasteiger partial charge >= 0.3 is 0 Å². The molecule has 2 aromatic carbocycles. The maximum atomic E-state index is 10.0. The van der Waals surface area contributed by atoms with Crippen LogP contribution in [0.3, 0.4) is 0 Å². The first kappa shape index (κ1) is 16.7. The Hall–Kier alpha value is -2.68. The monoisotopic (exact) mass is 307 g/mol. The molecule has 0 radical (unpaired) electrons. The van der Waals surface area contributed by atoms with Gasteiger partial charge in [0.05, 0.1) is 6.42 Å². The van der Waals surface area contributed by atoms with Crippen LogP contribution in [0.5, 0.6) is 0 Å². The van der Waals surface area contributed by atoms with E-state index in [0.717, 1.165) is 6.54 Å². The van der Waals surface area contributed by atoms with Gasteiger partial charge in [-0.25, -0.2) is 0 Å². The molecule has 0 spiro atoms. The summed E-state index contributed by atoms with van der Waals surface area (Å²) in [6.45, 7) is 3.75. The van der Waals surface area contributed by atoms with Crippen LogP contribution in [0.15, 0.2) is 60.7 Å². The van der Waals surface area contributed by atoms with E-state index in [1.807, 2.05) is 0 Å². The lowest BCUT2D eigenvalue weighted by molar-refractivity contribution is -0.124. The fraction of sp³-hybridized carbons (Fsp3) is 0.200. The van der Waals surface area contributed by atoms with Crippen LogP contribution in [0, 0.1) is 0 Å². The van der Waals surface area contributed by atoms with Crippen LogP contribution in [-0.2, 0) is 9.59 Å². The molecule has 118 valence electrons. The first-order chi connectivity index (χ1) is 11.1. The molecule has 0 N–H and O–H groups in total. The third-order valence-corrected chi connectivity index (χ3v) is 3.38. The van der Waals surface area contributed by atoms with Gasteiger partial charge in [0.1, 0.15) is 11.6 Å². The molecule has 0 unspecified atom stereocenters. The molecule has 0 bridgehead atoms. The van der Waals surface area contributed by atoms with Gasteiger partial charge in [0.2, 0.25) is 0 Å². The fourth-order valence-electron chi connectivity index (χ4n) is 2.46. The van der Waals surface area contributed by atoms with Crippen molar-refractivity contribution in [3.8, 4) is 0 Å². The van der Waals surface area contributed by atoms with Crippen molar-refractivity contribution in [3.63, 3.8) is 0 Å². The Morgan fingerprint density at radius 2 is 1.52 bits per heavy atom. The number of hydrogen-bond donors (Lipinski definition) is 0. The standard InChI is InChI=1S/C15H13N.C5H8O2/c1-2-9-14(10-3-1)16-12-6-8-13-7-4-5-11-15(13)16;1-4(6)3-5(2)7/h1-11H,12H2;3H2,1-2H3. The summed E-state index contributed by atoms with van der Waals surface area (Å²) >= 11 is 0. The Kier molecular flexibility index (Phi) is 5.87. The van der Waals surface area contributed by atoms with E-state index in [9.17, 15) is 9.59 Å². The first-order valence-electron chi connectivity index (χ1n) is 7.65. The molecule has 0 atom stereocenters. The molecule has 1 heterocycles. The highest BCUT2D eigenvalue weighted by atomic mass is 16.1. The molecule has 0 fully saturated rings. The summed E-state index contributed by atoms with van der Waals surface area (Å²) in [6.07, 6.45) is 4.48. The minimum Gasteiger partial charge on any atom is -0.337 e. The largest absolute Gasteiger partial charge is 0.337 e. The maximum absolute atomic E-state index is 10.0. The molecule has 0 aliphatic carbocycles. The molecular formula is C20H21NO2. The van der Waals surface area contributed by atoms with Gasteiger partial charge in [-0.05, 0) is 37.6 Å². The van der Waals surface area contributed by atoms with Crippen molar-refractivity contribution in [1.82, 2.24) is 0 Å². The van der Waals surface area contributed by atoms with E-state index in [-0.39, 0.29) is 18.0 Å². The number of fused-ring (bicyclic) bond motifs is 1. The van der Waals surface area contributed by atoms with E-state index in [0.29, 0.717) is 0 Å². The van der Waals surface area contributed by atoms with Crippen molar-refractivity contribution in [1.29, 1.82) is 0 Å². The summed E-state index contributed by atoms with van der Waals surface area (Å²) in [4.78, 5) is 22.4. The quantitative estimate of drug-likeness (QED) is 0.788. The van der Waals surface area contributed by atoms with Crippen molar-refractivity contribution in [3.05, 3.63) is 66.2 Å². The molecule has 1 aliphatic rings. The number of para-hydroxylation sites is 2. The average Bonchev–Trinajstić information content (AvgIpc) is 2.54. The second-order valence-electron chi connectivity index (χ2n) is 5.49. The van der Waals surface area contributed by atoms with E-state index < -0.39 is 0 Å². The molecule has 2 aromatic rings. The van der Waals surface area contributed by atoms with Gasteiger partial charge in [-0.1, -0.05) is 48.6 Å². The van der Waals surface area contributed by atoms with E-state index in [4.69, 9.17) is 0 Å². The number of carbonyl (C=O) groups is 2. The lowest BCUT2D eigenvalue weighted by atomic mass is 10.1. The average molecular weight is 307 g/mol. The number of carbonyl (C=O) groups excluding carboxylic acids is 2. The second kappa shape index (κ2) is 8.08. The van der Waals surface area contributed by atoms with Gasteiger partial charge in [0, 0.05) is 17.9 Å². The van der Waals surface area contributed by atoms with Crippen LogP contribution >= 0.6 is 0 Å². The van der Waals surface area contributed by atoms with Crippen LogP contribution in [-0.4, -0.2) is 18.1 Å². The van der Waals surface area contributed by atoms with Crippen molar-refractivity contribution in [2.24, 2.45) is 0 Å². The Morgan fingerprint density at radius 3 is 2.13 bits per heavy atom. The summed E-state index contributed by atoms with van der Waals surface area (Å²) < 4.78 is 0. The Labute approximate surface area is 137 Å². The van der Waals surface area contributed by atoms with Gasteiger partial charge in [0.25, 0.3) is 0 Å². The number of anilines is 2. The number of Topliss-reactive ketones (excluding diaryl/α,β-unsaturated/α-hetero) is 2. The van der Waals surface area contributed by atoms with Crippen molar-refractivity contribution in [2.45, 2.75) is 20.3 Å². The molecule has 3 heteroatoms. The molecule has 23 heavy (non-hydrogen) atoms. The van der Waals surface area contributed by atoms with Gasteiger partial charge < -0.3 is 4.90 Å². The van der Waals surface area contributed by atoms with Crippen LogP contribution in [0.2, 0.25) is 0 Å². The predicted octanol–water partition coefficient (Wildman–Crippen LogP) is 4.41. The lowest BCUT2D eigenvalue weighted by Crippen LogP contribution is -2.19. The predicted molar refractivity (Wildman–Crippen MR) is 94.9 cm³/mol. The summed E-state index contributed by atoms with van der Waals surface area (Å²) in [5, 5.41) is 0. The number of benzene rings is 2. The minimum absolute atomic E-state index is 0.0625. The highest BCUT2D eigenvalue weighted by Crippen LogP contribution is 2.31. The van der Waals surface area contributed by atoms with Gasteiger partial charge in [-0.2, -0.15) is 0 Å². The topological polar surface area (TPSA) is 37.4 Å². The number of hydrogen-bond acceptors (Lipinski definition) is 3. The maximum Gasteiger partial charge on any atom is 0.137 e. The van der Waals surface area contributed by atoms with Crippen LogP contribution < -0.4 is 4.90 Å². The zero-order valence-electron chi connectivity index (χ0n) is 13.5. The van der Waals surface area contributed by atoms with E-state index >= 15 is 0 Å². The van der Waals surface area contributed by atoms with E-state index in [1.54, 1.807) is 0 Å². The molecular weight excluding hydrogens is 286 g/mol. The summed E-state index contributed by atoms with van der Waals surface area (Å²) in [5.74, 6) is -0.125. The highest BCUT2D eigenvalue weighted by molar-refractivity contribution is 5.96. The third-order valence-electron chi connectivity index (χ3n) is 3.38. The van der Waals surface area contributed by atoms with Crippen molar-refractivity contribution < 1.29 is 9.59 Å². The smallest absolute Gasteiger partial charge is 0.137 e. The van der Waals surface area contributed by atoms with E-state index in [2.05, 4.69) is 71.6 Å². The van der Waals surface area contributed by atoms with Crippen molar-refractivity contribution in [2.75, 3.05) is 11.4 Å². The molecule has 1 aliphatic heterocycles. The molecule has 3 rings (SSSR count). The molecule has 0 saturated carbocycles. The zero-order valence-corrected chi connectivity index (χ0v) is 13.5. The number of rotatable bonds is 3. The molecule has 0 aromatic heterocycles. The SMILES string of the molecule is C1=Cc2ccccc2N(c2ccccc2)C1.CC(=O)CC(C)=O. The lowest BCUT2D eigenvalue weighted by Gasteiger charge is -2.28. The molecule has 0 amide bonds. The zero-order chi connectivity index (χ0) is 16.7. The van der Waals surface area contributed by atoms with Crippen LogP contribution in [0.4, 0.5) is 11.4 Å².